The largest absolute Gasteiger partial charge is 0.478 e. The molecular weight excluding hydrogens is 256 g/mol. The van der Waals surface area contributed by atoms with Gasteiger partial charge >= 0.3 is 5.97 Å². The van der Waals surface area contributed by atoms with Crippen molar-refractivity contribution in [1.29, 1.82) is 0 Å². The van der Waals surface area contributed by atoms with Crippen LogP contribution >= 0.6 is 15.9 Å². The molecule has 2 rings (SSSR count). The molecule has 0 bridgehead atoms. The lowest BCUT2D eigenvalue weighted by Crippen LogP contribution is -2.07. The number of carbonyl (C=O) groups is 1. The van der Waals surface area contributed by atoms with E-state index in [0.29, 0.717) is 5.57 Å². The van der Waals surface area contributed by atoms with E-state index in [4.69, 9.17) is 5.11 Å². The molecule has 3 heteroatoms. The monoisotopic (exact) mass is 266 g/mol. The zero-order valence-corrected chi connectivity index (χ0v) is 9.97. The number of hydrogen-bond donors (Lipinski definition) is 1. The van der Waals surface area contributed by atoms with Gasteiger partial charge in [-0.15, -0.1) is 0 Å². The quantitative estimate of drug-likeness (QED) is 0.848. The van der Waals surface area contributed by atoms with Crippen LogP contribution in [0.15, 0.2) is 22.7 Å². The van der Waals surface area contributed by atoms with E-state index in [1.807, 2.05) is 13.0 Å². The molecule has 0 atom stereocenters. The molecule has 2 nitrogen and oxygen atoms in total. The second kappa shape index (κ2) is 3.81. The van der Waals surface area contributed by atoms with Crippen LogP contribution in [0.5, 0.6) is 0 Å². The Bertz CT molecular complexity index is 461. The van der Waals surface area contributed by atoms with Crippen molar-refractivity contribution >= 4 is 27.5 Å². The van der Waals surface area contributed by atoms with Crippen LogP contribution in [0, 0.1) is 6.92 Å². The van der Waals surface area contributed by atoms with Gasteiger partial charge in [0.2, 0.25) is 0 Å². The first-order valence-electron chi connectivity index (χ1n) is 4.82. The summed E-state index contributed by atoms with van der Waals surface area (Å²) in [6, 6.07) is 3.97. The molecule has 1 aromatic rings. The van der Waals surface area contributed by atoms with Crippen LogP contribution in [0.3, 0.4) is 0 Å². The average Bonchev–Trinajstić information content (AvgIpc) is 2.18. The van der Waals surface area contributed by atoms with Crippen LogP contribution < -0.4 is 0 Å². The molecule has 1 aliphatic rings. The number of fused-ring (bicyclic) bond motifs is 1. The molecule has 1 N–H and O–H groups in total. The Morgan fingerprint density at radius 1 is 1.47 bits per heavy atom. The molecule has 1 aromatic carbocycles. The summed E-state index contributed by atoms with van der Waals surface area (Å²) in [6.07, 6.45) is 3.54. The smallest absolute Gasteiger partial charge is 0.335 e. The molecule has 0 radical (unpaired) electrons. The highest BCUT2D eigenvalue weighted by molar-refractivity contribution is 9.10. The lowest BCUT2D eigenvalue weighted by Gasteiger charge is -2.16. The SMILES string of the molecule is Cc1cc2c(cc1Br)C(C(=O)O)=CCC2. The van der Waals surface area contributed by atoms with Gasteiger partial charge in [0, 0.05) is 4.47 Å². The van der Waals surface area contributed by atoms with E-state index in [9.17, 15) is 4.79 Å². The van der Waals surface area contributed by atoms with Crippen molar-refractivity contribution in [3.8, 4) is 0 Å². The van der Waals surface area contributed by atoms with Crippen LogP contribution in [0.25, 0.3) is 5.57 Å². The number of aryl methyl sites for hydroxylation is 2. The lowest BCUT2D eigenvalue weighted by atomic mass is 9.90. The molecule has 0 amide bonds. The van der Waals surface area contributed by atoms with Gasteiger partial charge in [-0.3, -0.25) is 0 Å². The van der Waals surface area contributed by atoms with E-state index in [1.54, 1.807) is 6.08 Å². The molecule has 1 aliphatic carbocycles. The van der Waals surface area contributed by atoms with E-state index >= 15 is 0 Å². The molecule has 0 unspecified atom stereocenters. The maximum atomic E-state index is 11.0. The van der Waals surface area contributed by atoms with Gasteiger partial charge in [0.15, 0.2) is 0 Å². The van der Waals surface area contributed by atoms with Crippen molar-refractivity contribution < 1.29 is 9.90 Å². The second-order valence-electron chi connectivity index (χ2n) is 3.72. The van der Waals surface area contributed by atoms with Crippen molar-refractivity contribution in [2.24, 2.45) is 0 Å². The maximum absolute atomic E-state index is 11.0. The Kier molecular flexibility index (Phi) is 2.65. The normalized spacial score (nSPS) is 14.4. The van der Waals surface area contributed by atoms with Gasteiger partial charge in [-0.05, 0) is 42.5 Å². The molecule has 15 heavy (non-hydrogen) atoms. The van der Waals surface area contributed by atoms with Gasteiger partial charge in [-0.1, -0.05) is 28.1 Å². The van der Waals surface area contributed by atoms with E-state index in [2.05, 4.69) is 22.0 Å². The summed E-state index contributed by atoms with van der Waals surface area (Å²) in [5.74, 6) is -0.841. The van der Waals surface area contributed by atoms with Gasteiger partial charge in [0.25, 0.3) is 0 Å². The summed E-state index contributed by atoms with van der Waals surface area (Å²) in [7, 11) is 0. The van der Waals surface area contributed by atoms with Crippen LogP contribution in [-0.4, -0.2) is 11.1 Å². The second-order valence-corrected chi connectivity index (χ2v) is 4.57. The number of carboxylic acids is 1. The summed E-state index contributed by atoms with van der Waals surface area (Å²) in [5.41, 5.74) is 3.57. The molecule has 0 heterocycles. The molecule has 0 saturated carbocycles. The maximum Gasteiger partial charge on any atom is 0.335 e. The number of carboxylic acid groups (broad SMARTS) is 1. The van der Waals surface area contributed by atoms with Crippen LogP contribution in [0.1, 0.15) is 23.1 Å². The summed E-state index contributed by atoms with van der Waals surface area (Å²) in [5, 5.41) is 9.06. The van der Waals surface area contributed by atoms with Crippen LogP contribution in [0.2, 0.25) is 0 Å². The number of allylic oxidation sites excluding steroid dienone is 1. The third kappa shape index (κ3) is 1.84. The zero-order valence-electron chi connectivity index (χ0n) is 8.38. The van der Waals surface area contributed by atoms with Crippen molar-refractivity contribution in [2.75, 3.05) is 0 Å². The topological polar surface area (TPSA) is 37.3 Å². The molecule has 0 aromatic heterocycles. The number of hydrogen-bond acceptors (Lipinski definition) is 1. The molecule has 0 saturated heterocycles. The van der Waals surface area contributed by atoms with Crippen molar-refractivity contribution in [2.45, 2.75) is 19.8 Å². The lowest BCUT2D eigenvalue weighted by molar-refractivity contribution is -0.130. The number of halogens is 1. The Labute approximate surface area is 96.7 Å². The first-order chi connectivity index (χ1) is 7.09. The predicted molar refractivity (Wildman–Crippen MR) is 62.8 cm³/mol. The fraction of sp³-hybridized carbons (Fsp3) is 0.250. The number of benzene rings is 1. The summed E-state index contributed by atoms with van der Waals surface area (Å²) >= 11 is 3.43. The first kappa shape index (κ1) is 10.4. The minimum absolute atomic E-state index is 0.428. The Morgan fingerprint density at radius 3 is 2.87 bits per heavy atom. The van der Waals surface area contributed by atoms with E-state index < -0.39 is 5.97 Å². The van der Waals surface area contributed by atoms with Gasteiger partial charge in [-0.25, -0.2) is 4.79 Å². The highest BCUT2D eigenvalue weighted by Gasteiger charge is 2.18. The van der Waals surface area contributed by atoms with Crippen molar-refractivity contribution in [3.63, 3.8) is 0 Å². The molecule has 0 fully saturated rings. The van der Waals surface area contributed by atoms with E-state index in [0.717, 1.165) is 34.0 Å². The predicted octanol–water partition coefficient (Wildman–Crippen LogP) is 3.17. The molecule has 0 aliphatic heterocycles. The van der Waals surface area contributed by atoms with Gasteiger partial charge in [0.05, 0.1) is 5.57 Å². The van der Waals surface area contributed by atoms with Crippen molar-refractivity contribution in [1.82, 2.24) is 0 Å². The van der Waals surface area contributed by atoms with E-state index in [-0.39, 0.29) is 0 Å². The van der Waals surface area contributed by atoms with Gasteiger partial charge in [0.1, 0.15) is 0 Å². The third-order valence-electron chi connectivity index (χ3n) is 2.67. The minimum atomic E-state index is -0.841. The van der Waals surface area contributed by atoms with E-state index in [1.165, 1.54) is 0 Å². The van der Waals surface area contributed by atoms with Crippen molar-refractivity contribution in [3.05, 3.63) is 39.4 Å². The highest BCUT2D eigenvalue weighted by atomic mass is 79.9. The van der Waals surface area contributed by atoms with Crippen LogP contribution in [-0.2, 0) is 11.2 Å². The summed E-state index contributed by atoms with van der Waals surface area (Å²) < 4.78 is 0.968. The fourth-order valence-corrected chi connectivity index (χ4v) is 2.23. The first-order valence-corrected chi connectivity index (χ1v) is 5.61. The number of aliphatic carboxylic acids is 1. The zero-order chi connectivity index (χ0) is 11.0. The Morgan fingerprint density at radius 2 is 2.20 bits per heavy atom. The van der Waals surface area contributed by atoms with Crippen LogP contribution in [0.4, 0.5) is 0 Å². The third-order valence-corrected chi connectivity index (χ3v) is 3.52. The van der Waals surface area contributed by atoms with Gasteiger partial charge < -0.3 is 5.11 Å². The Balaban J connectivity index is 2.60. The minimum Gasteiger partial charge on any atom is -0.478 e. The molecule has 0 spiro atoms. The average molecular weight is 267 g/mol. The molecular formula is C12H11BrO2. The molecule has 78 valence electrons. The summed E-state index contributed by atoms with van der Waals surface area (Å²) in [4.78, 5) is 11.0. The highest BCUT2D eigenvalue weighted by Crippen LogP contribution is 2.31. The standard InChI is InChI=1S/C12H11BrO2/c1-7-5-8-3-2-4-9(12(14)15)10(8)6-11(7)13/h4-6H,2-3H2,1H3,(H,14,15). The van der Waals surface area contributed by atoms with Gasteiger partial charge in [-0.2, -0.15) is 0 Å². The Hall–Kier alpha value is -1.09. The number of rotatable bonds is 1. The summed E-state index contributed by atoms with van der Waals surface area (Å²) in [6.45, 7) is 2.02. The fourth-order valence-electron chi connectivity index (χ4n) is 1.88.